The summed E-state index contributed by atoms with van der Waals surface area (Å²) in [6.45, 7) is 0. The van der Waals surface area contributed by atoms with Crippen molar-refractivity contribution in [2.45, 2.75) is 19.3 Å². The van der Waals surface area contributed by atoms with Gasteiger partial charge in [0.15, 0.2) is 0 Å². The minimum Gasteiger partial charge on any atom is -0.389 e. The molecule has 2 rings (SSSR count). The monoisotopic (exact) mass is 322 g/mol. The van der Waals surface area contributed by atoms with Crippen molar-refractivity contribution in [3.8, 4) is 0 Å². The largest absolute Gasteiger partial charge is 0.389 e. The molecule has 6 heteroatoms. The van der Waals surface area contributed by atoms with Crippen LogP contribution in [0.5, 0.6) is 0 Å². The molecule has 1 amide bonds. The van der Waals surface area contributed by atoms with Crippen molar-refractivity contribution >= 4 is 40.1 Å². The number of aryl methyl sites for hydroxylation is 1. The summed E-state index contributed by atoms with van der Waals surface area (Å²) < 4.78 is 13.4. The molecule has 2 aromatic rings. The minimum atomic E-state index is -0.488. The molecule has 3 nitrogen and oxygen atoms in total. The molecule has 0 aliphatic heterocycles. The number of amides is 1. The number of thiocarbonyl (C=S) groups is 1. The van der Waals surface area contributed by atoms with Crippen molar-refractivity contribution in [3.63, 3.8) is 0 Å². The molecule has 0 saturated carbocycles. The highest BCUT2D eigenvalue weighted by Gasteiger charge is 2.08. The highest BCUT2D eigenvalue weighted by molar-refractivity contribution is 7.80. The number of halogens is 1. The van der Waals surface area contributed by atoms with E-state index in [4.69, 9.17) is 18.0 Å². The number of hydrogen-bond donors (Lipinski definition) is 2. The Hall–Kier alpha value is -1.79. The first-order valence-corrected chi connectivity index (χ1v) is 7.76. The van der Waals surface area contributed by atoms with E-state index in [-0.39, 0.29) is 16.5 Å². The second kappa shape index (κ2) is 7.28. The first-order chi connectivity index (χ1) is 10.1. The van der Waals surface area contributed by atoms with Gasteiger partial charge in [-0.2, -0.15) is 0 Å². The average Bonchev–Trinajstić information content (AvgIpc) is 2.94. The number of thiophene rings is 1. The molecule has 0 spiro atoms. The van der Waals surface area contributed by atoms with Gasteiger partial charge in [0.1, 0.15) is 10.8 Å². The number of hydrogen-bond acceptors (Lipinski definition) is 3. The predicted molar refractivity (Wildman–Crippen MR) is 88.2 cm³/mol. The summed E-state index contributed by atoms with van der Waals surface area (Å²) in [6, 6.07) is 8.24. The second-order valence-corrected chi connectivity index (χ2v) is 6.01. The van der Waals surface area contributed by atoms with Gasteiger partial charge in [-0.05, 0) is 42.5 Å². The van der Waals surface area contributed by atoms with E-state index < -0.39 is 5.82 Å². The summed E-state index contributed by atoms with van der Waals surface area (Å²) in [5.74, 6) is -0.592. The molecule has 21 heavy (non-hydrogen) atoms. The van der Waals surface area contributed by atoms with Gasteiger partial charge in [0.05, 0.1) is 0 Å². The number of nitrogens with one attached hydrogen (secondary N) is 1. The second-order valence-electron chi connectivity index (χ2n) is 4.54. The van der Waals surface area contributed by atoms with E-state index in [0.29, 0.717) is 12.1 Å². The van der Waals surface area contributed by atoms with Crippen molar-refractivity contribution in [2.24, 2.45) is 5.73 Å². The summed E-state index contributed by atoms with van der Waals surface area (Å²) in [6.07, 6.45) is 2.07. The Morgan fingerprint density at radius 3 is 2.86 bits per heavy atom. The topological polar surface area (TPSA) is 55.1 Å². The molecule has 0 radical (unpaired) electrons. The van der Waals surface area contributed by atoms with Gasteiger partial charge < -0.3 is 11.1 Å². The fourth-order valence-corrected chi connectivity index (χ4v) is 2.80. The summed E-state index contributed by atoms with van der Waals surface area (Å²) in [7, 11) is 0. The third-order valence-electron chi connectivity index (χ3n) is 2.92. The Bertz CT molecular complexity index is 641. The molecular formula is C15H15FN2OS2. The number of nitrogens with two attached hydrogens (primary N) is 1. The molecule has 0 aliphatic carbocycles. The molecule has 1 aromatic heterocycles. The van der Waals surface area contributed by atoms with E-state index in [9.17, 15) is 9.18 Å². The van der Waals surface area contributed by atoms with Gasteiger partial charge in [-0.3, -0.25) is 4.79 Å². The van der Waals surface area contributed by atoms with Crippen LogP contribution in [0.4, 0.5) is 10.1 Å². The molecule has 1 aromatic carbocycles. The van der Waals surface area contributed by atoms with Crippen LogP contribution in [0.15, 0.2) is 35.7 Å². The molecule has 3 N–H and O–H groups in total. The van der Waals surface area contributed by atoms with Gasteiger partial charge in [-0.1, -0.05) is 18.3 Å². The van der Waals surface area contributed by atoms with Gasteiger partial charge in [-0.15, -0.1) is 11.3 Å². The molecule has 0 bridgehead atoms. The first kappa shape index (κ1) is 15.6. The van der Waals surface area contributed by atoms with Crippen LogP contribution in [0.25, 0.3) is 0 Å². The maximum Gasteiger partial charge on any atom is 0.224 e. The van der Waals surface area contributed by atoms with Crippen LogP contribution in [0.3, 0.4) is 0 Å². The van der Waals surface area contributed by atoms with E-state index in [1.807, 2.05) is 11.4 Å². The molecule has 0 unspecified atom stereocenters. The van der Waals surface area contributed by atoms with Crippen molar-refractivity contribution in [1.29, 1.82) is 0 Å². The lowest BCUT2D eigenvalue weighted by Crippen LogP contribution is -2.15. The van der Waals surface area contributed by atoms with Crippen LogP contribution in [-0.2, 0) is 11.2 Å². The zero-order valence-electron chi connectivity index (χ0n) is 11.3. The van der Waals surface area contributed by atoms with Crippen LogP contribution in [0, 0.1) is 5.82 Å². The zero-order chi connectivity index (χ0) is 15.2. The maximum atomic E-state index is 13.4. The van der Waals surface area contributed by atoms with Gasteiger partial charge in [-0.25, -0.2) is 4.39 Å². The average molecular weight is 322 g/mol. The number of benzene rings is 1. The third-order valence-corrected chi connectivity index (χ3v) is 4.08. The molecule has 0 fully saturated rings. The normalized spacial score (nSPS) is 10.3. The number of carbonyl (C=O) groups is 1. The molecule has 0 atom stereocenters. The minimum absolute atomic E-state index is 0.0266. The number of carbonyl (C=O) groups excluding carboxylic acids is 1. The van der Waals surface area contributed by atoms with Crippen LogP contribution in [0.1, 0.15) is 23.3 Å². The Morgan fingerprint density at radius 2 is 2.19 bits per heavy atom. The van der Waals surface area contributed by atoms with Crippen LogP contribution in [-0.4, -0.2) is 10.9 Å². The number of rotatable bonds is 6. The van der Waals surface area contributed by atoms with Crippen LogP contribution >= 0.6 is 23.6 Å². The standard InChI is InChI=1S/C15H15FN2OS2/c16-13-7-6-10(9-12(13)15(17)20)18-14(19)5-1-3-11-4-2-8-21-11/h2,4,6-9H,1,3,5H2,(H2,17,20)(H,18,19). The Morgan fingerprint density at radius 1 is 1.38 bits per heavy atom. The Labute approximate surface area is 132 Å². The fraction of sp³-hybridized carbons (Fsp3) is 0.200. The Kier molecular flexibility index (Phi) is 5.41. The van der Waals surface area contributed by atoms with Gasteiger partial charge in [0.2, 0.25) is 5.91 Å². The predicted octanol–water partition coefficient (Wildman–Crippen LogP) is 3.48. The number of anilines is 1. The maximum absolute atomic E-state index is 13.4. The van der Waals surface area contributed by atoms with E-state index in [2.05, 4.69) is 11.4 Å². The zero-order valence-corrected chi connectivity index (χ0v) is 12.9. The van der Waals surface area contributed by atoms with E-state index in [1.54, 1.807) is 11.3 Å². The highest BCUT2D eigenvalue weighted by atomic mass is 32.1. The lowest BCUT2D eigenvalue weighted by molar-refractivity contribution is -0.116. The van der Waals surface area contributed by atoms with E-state index >= 15 is 0 Å². The van der Waals surface area contributed by atoms with Crippen molar-refractivity contribution < 1.29 is 9.18 Å². The van der Waals surface area contributed by atoms with Crippen molar-refractivity contribution in [1.82, 2.24) is 0 Å². The lowest BCUT2D eigenvalue weighted by Gasteiger charge is -2.07. The smallest absolute Gasteiger partial charge is 0.224 e. The van der Waals surface area contributed by atoms with Crippen LogP contribution in [0.2, 0.25) is 0 Å². The van der Waals surface area contributed by atoms with Crippen molar-refractivity contribution in [2.75, 3.05) is 5.32 Å². The van der Waals surface area contributed by atoms with Gasteiger partial charge >= 0.3 is 0 Å². The lowest BCUT2D eigenvalue weighted by atomic mass is 10.1. The fourth-order valence-electron chi connectivity index (χ4n) is 1.89. The SMILES string of the molecule is NC(=S)c1cc(NC(=O)CCCc2cccs2)ccc1F. The highest BCUT2D eigenvalue weighted by Crippen LogP contribution is 2.16. The summed E-state index contributed by atoms with van der Waals surface area (Å²) in [4.78, 5) is 13.1. The summed E-state index contributed by atoms with van der Waals surface area (Å²) in [5, 5.41) is 4.75. The quantitative estimate of drug-likeness (QED) is 0.801. The molecular weight excluding hydrogens is 307 g/mol. The molecule has 0 saturated heterocycles. The molecule has 110 valence electrons. The van der Waals surface area contributed by atoms with E-state index in [1.165, 1.54) is 23.1 Å². The summed E-state index contributed by atoms with van der Waals surface area (Å²) in [5.41, 5.74) is 6.07. The van der Waals surface area contributed by atoms with Gasteiger partial charge in [0.25, 0.3) is 0 Å². The van der Waals surface area contributed by atoms with Crippen LogP contribution < -0.4 is 11.1 Å². The third kappa shape index (κ3) is 4.61. The first-order valence-electron chi connectivity index (χ1n) is 6.48. The molecule has 0 aliphatic rings. The van der Waals surface area contributed by atoms with E-state index in [0.717, 1.165) is 12.8 Å². The molecule has 1 heterocycles. The van der Waals surface area contributed by atoms with Gasteiger partial charge in [0, 0.05) is 22.5 Å². The summed E-state index contributed by atoms with van der Waals surface area (Å²) >= 11 is 6.45. The van der Waals surface area contributed by atoms with Crippen molar-refractivity contribution in [3.05, 3.63) is 52.0 Å². The Balaban J connectivity index is 1.87.